The van der Waals surface area contributed by atoms with Crippen molar-refractivity contribution in [3.8, 4) is 0 Å². The summed E-state index contributed by atoms with van der Waals surface area (Å²) in [4.78, 5) is 30.4. The summed E-state index contributed by atoms with van der Waals surface area (Å²) in [6.45, 7) is 6.35. The van der Waals surface area contributed by atoms with E-state index in [1.807, 2.05) is 32.0 Å². The number of nitrogens with zero attached hydrogens (tertiary/aromatic N) is 1. The Morgan fingerprint density at radius 2 is 1.81 bits per heavy atom. The van der Waals surface area contributed by atoms with Gasteiger partial charge in [0.1, 0.15) is 0 Å². The lowest BCUT2D eigenvalue weighted by Gasteiger charge is -2.39. The second kappa shape index (κ2) is 6.97. The fourth-order valence-corrected chi connectivity index (χ4v) is 4.50. The van der Waals surface area contributed by atoms with Crippen LogP contribution in [-0.2, 0) is 11.3 Å². The van der Waals surface area contributed by atoms with Gasteiger partial charge in [-0.1, -0.05) is 30.3 Å². The van der Waals surface area contributed by atoms with Crippen LogP contribution < -0.4 is 10.7 Å². The Morgan fingerprint density at radius 3 is 2.52 bits per heavy atom. The largest absolute Gasteiger partial charge is 0.363 e. The molecule has 0 bridgehead atoms. The average molecular weight is 365 g/mol. The van der Waals surface area contributed by atoms with Crippen LogP contribution in [0.1, 0.15) is 47.6 Å². The minimum Gasteiger partial charge on any atom is -0.363 e. The van der Waals surface area contributed by atoms with Crippen LogP contribution in [0.5, 0.6) is 0 Å². The Hall–Kier alpha value is -2.40. The Morgan fingerprint density at radius 1 is 1.11 bits per heavy atom. The van der Waals surface area contributed by atoms with Crippen LogP contribution in [0.3, 0.4) is 0 Å². The van der Waals surface area contributed by atoms with Crippen molar-refractivity contribution in [3.63, 3.8) is 0 Å². The first-order valence-corrected chi connectivity index (χ1v) is 9.74. The van der Waals surface area contributed by atoms with Gasteiger partial charge in [0.05, 0.1) is 5.92 Å². The van der Waals surface area contributed by atoms with Crippen molar-refractivity contribution in [1.82, 2.24) is 15.2 Å². The Balaban J connectivity index is 1.41. The number of likely N-dealkylation sites (tertiary alicyclic amines) is 1. The zero-order valence-corrected chi connectivity index (χ0v) is 16.0. The lowest BCUT2D eigenvalue weighted by Crippen LogP contribution is -2.50. The third-order valence-electron chi connectivity index (χ3n) is 6.31. The SMILES string of the molecule is Cc1c[nH]c(CN2CCC3(CC2)C[C@H](c2ccccc2)C(=O)N3)c(C)c1=O. The third kappa shape index (κ3) is 3.44. The van der Waals surface area contributed by atoms with Gasteiger partial charge in [-0.05, 0) is 38.7 Å². The molecule has 5 heteroatoms. The molecule has 1 aromatic heterocycles. The predicted molar refractivity (Wildman–Crippen MR) is 106 cm³/mol. The summed E-state index contributed by atoms with van der Waals surface area (Å²) in [7, 11) is 0. The van der Waals surface area contributed by atoms with Crippen molar-refractivity contribution in [3.05, 3.63) is 69.1 Å². The quantitative estimate of drug-likeness (QED) is 0.879. The van der Waals surface area contributed by atoms with Crippen LogP contribution >= 0.6 is 0 Å². The first kappa shape index (κ1) is 18.0. The molecule has 27 heavy (non-hydrogen) atoms. The number of aromatic amines is 1. The van der Waals surface area contributed by atoms with Crippen LogP contribution in [0.4, 0.5) is 0 Å². The van der Waals surface area contributed by atoms with E-state index >= 15 is 0 Å². The number of carbonyl (C=O) groups is 1. The van der Waals surface area contributed by atoms with Crippen molar-refractivity contribution < 1.29 is 4.79 Å². The van der Waals surface area contributed by atoms with Gasteiger partial charge in [0.25, 0.3) is 0 Å². The number of pyridine rings is 1. The second-order valence-electron chi connectivity index (χ2n) is 8.12. The van der Waals surface area contributed by atoms with Crippen molar-refractivity contribution in [2.24, 2.45) is 0 Å². The van der Waals surface area contributed by atoms with E-state index in [0.29, 0.717) is 0 Å². The number of amides is 1. The number of aryl methyl sites for hydroxylation is 1. The van der Waals surface area contributed by atoms with Crippen LogP contribution in [0.15, 0.2) is 41.3 Å². The molecule has 0 radical (unpaired) electrons. The number of benzene rings is 1. The van der Waals surface area contributed by atoms with Gasteiger partial charge < -0.3 is 10.3 Å². The number of carbonyl (C=O) groups excluding carboxylic acids is 1. The number of nitrogens with one attached hydrogen (secondary N) is 2. The highest BCUT2D eigenvalue weighted by molar-refractivity contribution is 5.87. The Kier molecular flexibility index (Phi) is 4.64. The van der Waals surface area contributed by atoms with Crippen LogP contribution in [0.2, 0.25) is 0 Å². The van der Waals surface area contributed by atoms with E-state index in [4.69, 9.17) is 0 Å². The molecule has 1 amide bonds. The molecule has 142 valence electrons. The van der Waals surface area contributed by atoms with Crippen LogP contribution in [0, 0.1) is 13.8 Å². The zero-order valence-electron chi connectivity index (χ0n) is 16.0. The molecule has 0 aliphatic carbocycles. The molecule has 3 heterocycles. The first-order chi connectivity index (χ1) is 13.0. The monoisotopic (exact) mass is 365 g/mol. The normalized spacial score (nSPS) is 22.1. The summed E-state index contributed by atoms with van der Waals surface area (Å²) in [5.74, 6) is 0.127. The van der Waals surface area contributed by atoms with Gasteiger partial charge in [0.15, 0.2) is 5.43 Å². The number of hydrogen-bond acceptors (Lipinski definition) is 3. The van der Waals surface area contributed by atoms with Gasteiger partial charge in [-0.15, -0.1) is 0 Å². The molecular formula is C22H27N3O2. The molecule has 2 saturated heterocycles. The molecule has 0 saturated carbocycles. The summed E-state index contributed by atoms with van der Waals surface area (Å²) >= 11 is 0. The highest BCUT2D eigenvalue weighted by Crippen LogP contribution is 2.39. The van der Waals surface area contributed by atoms with Crippen molar-refractivity contribution in [2.45, 2.75) is 51.1 Å². The minimum atomic E-state index is -0.0795. The molecule has 2 aliphatic rings. The Labute approximate surface area is 159 Å². The molecule has 5 nitrogen and oxygen atoms in total. The van der Waals surface area contributed by atoms with E-state index in [2.05, 4.69) is 27.3 Å². The number of hydrogen-bond donors (Lipinski definition) is 2. The molecule has 1 spiro atoms. The van der Waals surface area contributed by atoms with E-state index in [1.54, 1.807) is 6.20 Å². The second-order valence-corrected chi connectivity index (χ2v) is 8.12. The van der Waals surface area contributed by atoms with Crippen LogP contribution in [0.25, 0.3) is 0 Å². The molecule has 4 rings (SSSR count). The van der Waals surface area contributed by atoms with Gasteiger partial charge in [-0.2, -0.15) is 0 Å². The Bertz CT molecular complexity index is 896. The predicted octanol–water partition coefficient (Wildman–Crippen LogP) is 2.63. The molecule has 0 unspecified atom stereocenters. The molecule has 2 aliphatic heterocycles. The smallest absolute Gasteiger partial charge is 0.228 e. The lowest BCUT2D eigenvalue weighted by molar-refractivity contribution is -0.121. The number of piperidine rings is 1. The van der Waals surface area contributed by atoms with E-state index in [1.165, 1.54) is 0 Å². The molecule has 2 N–H and O–H groups in total. The minimum absolute atomic E-state index is 0.0338. The fraction of sp³-hybridized carbons (Fsp3) is 0.455. The zero-order chi connectivity index (χ0) is 19.0. The standard InChI is InChI=1S/C22H27N3O2/c1-15-13-23-19(16(2)20(15)26)14-25-10-8-22(9-11-25)12-18(21(27)24-22)17-6-4-3-5-7-17/h3-7,13,18H,8-12,14H2,1-2H3,(H,23,26)(H,24,27)/t18-/m1/s1. The third-order valence-corrected chi connectivity index (χ3v) is 6.31. The van der Waals surface area contributed by atoms with Gasteiger partial charge in [-0.25, -0.2) is 0 Å². The summed E-state index contributed by atoms with van der Waals surface area (Å²) in [5, 5.41) is 3.31. The van der Waals surface area contributed by atoms with Gasteiger partial charge in [0.2, 0.25) is 5.91 Å². The lowest BCUT2D eigenvalue weighted by atomic mass is 9.82. The highest BCUT2D eigenvalue weighted by Gasteiger charge is 2.46. The summed E-state index contributed by atoms with van der Waals surface area (Å²) in [6.07, 6.45) is 4.59. The molecule has 1 aromatic carbocycles. The molecule has 2 fully saturated rings. The van der Waals surface area contributed by atoms with E-state index in [-0.39, 0.29) is 22.8 Å². The van der Waals surface area contributed by atoms with Gasteiger partial charge in [0, 0.05) is 48.2 Å². The van der Waals surface area contributed by atoms with E-state index in [0.717, 1.165) is 61.3 Å². The molecule has 1 atom stereocenters. The van der Waals surface area contributed by atoms with Crippen molar-refractivity contribution in [2.75, 3.05) is 13.1 Å². The summed E-state index contributed by atoms with van der Waals surface area (Å²) in [6, 6.07) is 10.1. The average Bonchev–Trinajstić information content (AvgIpc) is 3.01. The maximum Gasteiger partial charge on any atom is 0.228 e. The van der Waals surface area contributed by atoms with Crippen molar-refractivity contribution in [1.29, 1.82) is 0 Å². The van der Waals surface area contributed by atoms with Crippen molar-refractivity contribution >= 4 is 5.91 Å². The number of aromatic nitrogens is 1. The maximum atomic E-state index is 12.6. The molecular weight excluding hydrogens is 338 g/mol. The number of H-pyrrole nitrogens is 1. The summed E-state index contributed by atoms with van der Waals surface area (Å²) < 4.78 is 0. The topological polar surface area (TPSA) is 65.2 Å². The first-order valence-electron chi connectivity index (χ1n) is 9.74. The van der Waals surface area contributed by atoms with E-state index < -0.39 is 0 Å². The van der Waals surface area contributed by atoms with Crippen LogP contribution in [-0.4, -0.2) is 34.4 Å². The maximum absolute atomic E-state index is 12.6. The fourth-order valence-electron chi connectivity index (χ4n) is 4.50. The molecule has 2 aromatic rings. The summed E-state index contributed by atoms with van der Waals surface area (Å²) in [5.41, 5.74) is 3.74. The number of rotatable bonds is 3. The van der Waals surface area contributed by atoms with E-state index in [9.17, 15) is 9.59 Å². The highest BCUT2D eigenvalue weighted by atomic mass is 16.2. The van der Waals surface area contributed by atoms with Gasteiger partial charge >= 0.3 is 0 Å². The van der Waals surface area contributed by atoms with Gasteiger partial charge in [-0.3, -0.25) is 14.5 Å².